The lowest BCUT2D eigenvalue weighted by Crippen LogP contribution is -2.00. The zero-order valence-corrected chi connectivity index (χ0v) is 11.6. The fraction of sp³-hybridized carbons (Fsp3) is 0.0714. The van der Waals surface area contributed by atoms with Crippen LogP contribution in [0.25, 0.3) is 0 Å². The minimum absolute atomic E-state index is 0.273. The Labute approximate surface area is 117 Å². The highest BCUT2D eigenvalue weighted by Crippen LogP contribution is 2.28. The van der Waals surface area contributed by atoms with E-state index in [0.717, 1.165) is 17.7 Å². The summed E-state index contributed by atoms with van der Waals surface area (Å²) in [5.74, 6) is -1.45. The van der Waals surface area contributed by atoms with Gasteiger partial charge in [-0.15, -0.1) is 0 Å². The molecule has 2 aromatic carbocycles. The molecule has 0 radical (unpaired) electrons. The summed E-state index contributed by atoms with van der Waals surface area (Å²) in [6.45, 7) is 1.83. The first-order chi connectivity index (χ1) is 9.01. The van der Waals surface area contributed by atoms with Gasteiger partial charge < -0.3 is 5.32 Å². The molecule has 1 N–H and O–H groups in total. The lowest BCUT2D eigenvalue weighted by atomic mass is 10.1. The standard InChI is InChI=1S/C14H9BrF2N2/c1-8-2-3-9(7-18)13(4-8)19-14-11(16)5-10(15)6-12(14)17/h2-6,19H,1H3. The Morgan fingerprint density at radius 2 is 1.79 bits per heavy atom. The maximum Gasteiger partial charge on any atom is 0.150 e. The zero-order valence-electron chi connectivity index (χ0n) is 9.97. The second-order valence-corrected chi connectivity index (χ2v) is 4.95. The number of rotatable bonds is 2. The highest BCUT2D eigenvalue weighted by atomic mass is 79.9. The summed E-state index contributed by atoms with van der Waals surface area (Å²) in [4.78, 5) is 0. The largest absolute Gasteiger partial charge is 0.350 e. The second-order valence-electron chi connectivity index (χ2n) is 4.03. The molecule has 0 saturated carbocycles. The molecule has 2 rings (SSSR count). The monoisotopic (exact) mass is 322 g/mol. The van der Waals surface area contributed by atoms with Gasteiger partial charge in [0.15, 0.2) is 11.6 Å². The number of hydrogen-bond donors (Lipinski definition) is 1. The van der Waals surface area contributed by atoms with Crippen LogP contribution in [-0.2, 0) is 0 Å². The number of hydrogen-bond acceptors (Lipinski definition) is 2. The fourth-order valence-corrected chi connectivity index (χ4v) is 2.06. The number of nitrogens with zero attached hydrogens (tertiary/aromatic N) is 1. The van der Waals surface area contributed by atoms with Crippen LogP contribution in [0.2, 0.25) is 0 Å². The van der Waals surface area contributed by atoms with Gasteiger partial charge >= 0.3 is 0 Å². The molecule has 0 saturated heterocycles. The van der Waals surface area contributed by atoms with Gasteiger partial charge in [0.1, 0.15) is 11.8 Å². The van der Waals surface area contributed by atoms with Gasteiger partial charge in [0, 0.05) is 4.47 Å². The number of aryl methyl sites for hydroxylation is 1. The normalized spacial score (nSPS) is 10.1. The molecule has 0 aromatic heterocycles. The summed E-state index contributed by atoms with van der Waals surface area (Å²) in [6.07, 6.45) is 0. The Kier molecular flexibility index (Phi) is 3.82. The van der Waals surface area contributed by atoms with E-state index in [2.05, 4.69) is 21.2 Å². The third kappa shape index (κ3) is 2.91. The maximum absolute atomic E-state index is 13.7. The Hall–Kier alpha value is -1.93. The molecule has 0 aliphatic rings. The van der Waals surface area contributed by atoms with Crippen LogP contribution < -0.4 is 5.32 Å². The van der Waals surface area contributed by atoms with E-state index in [9.17, 15) is 8.78 Å². The Balaban J connectivity index is 2.48. The average Bonchev–Trinajstić information content (AvgIpc) is 2.34. The number of benzene rings is 2. The molecule has 96 valence electrons. The van der Waals surface area contributed by atoms with Crippen molar-refractivity contribution in [1.82, 2.24) is 0 Å². The van der Waals surface area contributed by atoms with E-state index < -0.39 is 11.6 Å². The smallest absolute Gasteiger partial charge is 0.150 e. The average molecular weight is 323 g/mol. The van der Waals surface area contributed by atoms with E-state index in [1.807, 2.05) is 13.0 Å². The van der Waals surface area contributed by atoms with E-state index in [4.69, 9.17) is 5.26 Å². The Morgan fingerprint density at radius 1 is 1.16 bits per heavy atom. The first-order valence-electron chi connectivity index (χ1n) is 5.43. The lowest BCUT2D eigenvalue weighted by molar-refractivity contribution is 0.589. The third-order valence-electron chi connectivity index (χ3n) is 2.56. The number of halogens is 3. The fourth-order valence-electron chi connectivity index (χ4n) is 1.66. The maximum atomic E-state index is 13.7. The molecule has 0 spiro atoms. The van der Waals surface area contributed by atoms with E-state index in [1.54, 1.807) is 18.2 Å². The lowest BCUT2D eigenvalue weighted by Gasteiger charge is -2.11. The topological polar surface area (TPSA) is 35.8 Å². The number of anilines is 2. The first-order valence-corrected chi connectivity index (χ1v) is 6.23. The molecule has 2 aromatic rings. The predicted molar refractivity (Wildman–Crippen MR) is 73.2 cm³/mol. The molecule has 0 bridgehead atoms. The van der Waals surface area contributed by atoms with Crippen molar-refractivity contribution in [2.45, 2.75) is 6.92 Å². The van der Waals surface area contributed by atoms with Crippen LogP contribution in [0, 0.1) is 29.9 Å². The van der Waals surface area contributed by atoms with Crippen molar-refractivity contribution in [1.29, 1.82) is 5.26 Å². The highest BCUT2D eigenvalue weighted by molar-refractivity contribution is 9.10. The molecule has 0 unspecified atom stereocenters. The quantitative estimate of drug-likeness (QED) is 0.873. The van der Waals surface area contributed by atoms with E-state index in [0.29, 0.717) is 15.7 Å². The summed E-state index contributed by atoms with van der Waals surface area (Å²) in [5.41, 5.74) is 1.32. The molecule has 2 nitrogen and oxygen atoms in total. The first kappa shape index (κ1) is 13.5. The van der Waals surface area contributed by atoms with Crippen LogP contribution in [0.1, 0.15) is 11.1 Å². The molecule has 5 heteroatoms. The molecule has 0 heterocycles. The van der Waals surface area contributed by atoms with Crippen molar-refractivity contribution in [2.75, 3.05) is 5.32 Å². The minimum atomic E-state index is -0.725. The second kappa shape index (κ2) is 5.37. The van der Waals surface area contributed by atoms with Crippen LogP contribution in [0.4, 0.5) is 20.2 Å². The molecule has 19 heavy (non-hydrogen) atoms. The molecule has 0 aliphatic heterocycles. The van der Waals surface area contributed by atoms with Gasteiger partial charge in [0.25, 0.3) is 0 Å². The van der Waals surface area contributed by atoms with Crippen molar-refractivity contribution in [3.8, 4) is 6.07 Å². The van der Waals surface area contributed by atoms with Crippen molar-refractivity contribution in [3.63, 3.8) is 0 Å². The molecule has 0 aliphatic carbocycles. The van der Waals surface area contributed by atoms with E-state index in [1.165, 1.54) is 0 Å². The molecular formula is C14H9BrF2N2. The Morgan fingerprint density at radius 3 is 2.37 bits per heavy atom. The molecule has 0 atom stereocenters. The van der Waals surface area contributed by atoms with Crippen LogP contribution in [0.3, 0.4) is 0 Å². The highest BCUT2D eigenvalue weighted by Gasteiger charge is 2.12. The van der Waals surface area contributed by atoms with Gasteiger partial charge in [-0.05, 0) is 36.8 Å². The number of nitrogens with one attached hydrogen (secondary N) is 1. The molecule has 0 amide bonds. The van der Waals surface area contributed by atoms with Crippen LogP contribution in [-0.4, -0.2) is 0 Å². The van der Waals surface area contributed by atoms with Crippen molar-refractivity contribution in [2.24, 2.45) is 0 Å². The number of nitriles is 1. The SMILES string of the molecule is Cc1ccc(C#N)c(Nc2c(F)cc(Br)cc2F)c1. The summed E-state index contributed by atoms with van der Waals surface area (Å²) in [7, 11) is 0. The van der Waals surface area contributed by atoms with Gasteiger partial charge in [-0.25, -0.2) is 8.78 Å². The summed E-state index contributed by atoms with van der Waals surface area (Å²) in [6, 6.07) is 9.33. The van der Waals surface area contributed by atoms with Gasteiger partial charge in [-0.2, -0.15) is 5.26 Å². The van der Waals surface area contributed by atoms with Gasteiger partial charge in [0.05, 0.1) is 11.3 Å². The van der Waals surface area contributed by atoms with Gasteiger partial charge in [-0.3, -0.25) is 0 Å². The summed E-state index contributed by atoms with van der Waals surface area (Å²) >= 11 is 3.01. The van der Waals surface area contributed by atoms with Crippen LogP contribution in [0.5, 0.6) is 0 Å². The van der Waals surface area contributed by atoms with Gasteiger partial charge in [0.2, 0.25) is 0 Å². The van der Waals surface area contributed by atoms with Crippen LogP contribution in [0.15, 0.2) is 34.8 Å². The van der Waals surface area contributed by atoms with E-state index >= 15 is 0 Å². The third-order valence-corrected chi connectivity index (χ3v) is 3.02. The zero-order chi connectivity index (χ0) is 14.0. The Bertz CT molecular complexity index is 655. The predicted octanol–water partition coefficient (Wildman–Crippen LogP) is 4.65. The van der Waals surface area contributed by atoms with Crippen LogP contribution >= 0.6 is 15.9 Å². The summed E-state index contributed by atoms with van der Waals surface area (Å²) in [5, 5.41) is 11.6. The summed E-state index contributed by atoms with van der Waals surface area (Å²) < 4.78 is 27.8. The van der Waals surface area contributed by atoms with E-state index in [-0.39, 0.29) is 5.69 Å². The van der Waals surface area contributed by atoms with Crippen molar-refractivity contribution >= 4 is 27.3 Å². The molecular weight excluding hydrogens is 314 g/mol. The van der Waals surface area contributed by atoms with Crippen molar-refractivity contribution < 1.29 is 8.78 Å². The molecule has 0 fully saturated rings. The van der Waals surface area contributed by atoms with Gasteiger partial charge in [-0.1, -0.05) is 22.0 Å². The van der Waals surface area contributed by atoms with Crippen molar-refractivity contribution in [3.05, 3.63) is 57.6 Å². The minimum Gasteiger partial charge on any atom is -0.350 e.